The zero-order valence-electron chi connectivity index (χ0n) is 17.4. The van der Waals surface area contributed by atoms with Gasteiger partial charge >= 0.3 is 0 Å². The summed E-state index contributed by atoms with van der Waals surface area (Å²) in [4.78, 5) is 19.0. The number of ether oxygens (including phenoxy) is 1. The van der Waals surface area contributed by atoms with E-state index in [2.05, 4.69) is 4.98 Å². The molecule has 32 heavy (non-hydrogen) atoms. The molecule has 2 aromatic heterocycles. The molecule has 162 valence electrons. The van der Waals surface area contributed by atoms with Gasteiger partial charge in [0.2, 0.25) is 0 Å². The Hall–Kier alpha value is -3.55. The molecular formula is C25H22FN3O3. The molecule has 1 amide bonds. The molecule has 6 nitrogen and oxygen atoms in total. The van der Waals surface area contributed by atoms with Gasteiger partial charge in [0.05, 0.1) is 31.0 Å². The molecule has 0 unspecified atom stereocenters. The van der Waals surface area contributed by atoms with Crippen LogP contribution < -0.4 is 5.73 Å². The Morgan fingerprint density at radius 3 is 2.50 bits per heavy atom. The van der Waals surface area contributed by atoms with Crippen molar-refractivity contribution in [1.82, 2.24) is 9.88 Å². The van der Waals surface area contributed by atoms with E-state index < -0.39 is 0 Å². The van der Waals surface area contributed by atoms with Crippen LogP contribution in [0.3, 0.4) is 0 Å². The van der Waals surface area contributed by atoms with E-state index in [4.69, 9.17) is 14.9 Å². The molecule has 1 fully saturated rings. The van der Waals surface area contributed by atoms with Gasteiger partial charge in [-0.05, 0) is 48.0 Å². The number of furan rings is 1. The topological polar surface area (TPSA) is 81.6 Å². The largest absolute Gasteiger partial charge is 0.459 e. The highest BCUT2D eigenvalue weighted by Crippen LogP contribution is 2.35. The lowest BCUT2D eigenvalue weighted by molar-refractivity contribution is 0.0302. The van der Waals surface area contributed by atoms with Crippen molar-refractivity contribution in [2.24, 2.45) is 5.73 Å². The first-order valence-corrected chi connectivity index (χ1v) is 10.5. The standard InChI is InChI=1S/C25H22FN3O3/c26-20-4-1-16(2-5-20)22-13-18(11-19-12-21(14-27)32-24(19)22)23-6-3-17(15-28-23)25(30)29-7-9-31-10-8-29/h1-6,11-13,15H,7-10,14,27H2. The number of hydrogen-bond acceptors (Lipinski definition) is 5. The molecule has 2 N–H and O–H groups in total. The van der Waals surface area contributed by atoms with E-state index in [0.717, 1.165) is 27.8 Å². The summed E-state index contributed by atoms with van der Waals surface area (Å²) >= 11 is 0. The molecule has 3 heterocycles. The Kier molecular flexibility index (Phi) is 5.43. The van der Waals surface area contributed by atoms with Gasteiger partial charge in [-0.25, -0.2) is 4.39 Å². The van der Waals surface area contributed by atoms with Gasteiger partial charge in [0.1, 0.15) is 17.2 Å². The zero-order chi connectivity index (χ0) is 22.1. The van der Waals surface area contributed by atoms with Gasteiger partial charge in [-0.3, -0.25) is 9.78 Å². The first-order chi connectivity index (χ1) is 15.6. The molecule has 1 aliphatic rings. The van der Waals surface area contributed by atoms with Crippen molar-refractivity contribution >= 4 is 16.9 Å². The molecule has 1 aliphatic heterocycles. The molecule has 7 heteroatoms. The summed E-state index contributed by atoms with van der Waals surface area (Å²) in [6.07, 6.45) is 1.61. The normalized spacial score (nSPS) is 14.1. The summed E-state index contributed by atoms with van der Waals surface area (Å²) < 4.78 is 24.7. The molecule has 4 aromatic rings. The summed E-state index contributed by atoms with van der Waals surface area (Å²) in [5.74, 6) is 0.322. The lowest BCUT2D eigenvalue weighted by atomic mass is 9.98. The summed E-state index contributed by atoms with van der Waals surface area (Å²) in [6, 6.07) is 15.8. The summed E-state index contributed by atoms with van der Waals surface area (Å²) in [5, 5.41) is 0.887. The maximum absolute atomic E-state index is 13.5. The van der Waals surface area contributed by atoms with E-state index in [9.17, 15) is 9.18 Å². The minimum atomic E-state index is -0.301. The van der Waals surface area contributed by atoms with Crippen LogP contribution in [-0.4, -0.2) is 42.1 Å². The summed E-state index contributed by atoms with van der Waals surface area (Å²) in [5.41, 5.74) is 10.3. The van der Waals surface area contributed by atoms with Crippen molar-refractivity contribution in [1.29, 1.82) is 0 Å². The predicted molar refractivity (Wildman–Crippen MR) is 119 cm³/mol. The second kappa shape index (κ2) is 8.53. The van der Waals surface area contributed by atoms with Crippen molar-refractivity contribution in [3.63, 3.8) is 0 Å². The number of carbonyl (C=O) groups excluding carboxylic acids is 1. The smallest absolute Gasteiger partial charge is 0.255 e. The number of pyridine rings is 1. The van der Waals surface area contributed by atoms with E-state index in [0.29, 0.717) is 43.2 Å². The van der Waals surface area contributed by atoms with E-state index in [1.54, 1.807) is 29.3 Å². The van der Waals surface area contributed by atoms with Gasteiger partial charge in [-0.15, -0.1) is 0 Å². The third-order valence-electron chi connectivity index (χ3n) is 5.63. The van der Waals surface area contributed by atoms with Gasteiger partial charge in [0.15, 0.2) is 0 Å². The van der Waals surface area contributed by atoms with Gasteiger partial charge in [0, 0.05) is 35.8 Å². The molecule has 0 atom stereocenters. The second-order valence-electron chi connectivity index (χ2n) is 7.70. The van der Waals surface area contributed by atoms with Crippen molar-refractivity contribution in [2.45, 2.75) is 6.54 Å². The van der Waals surface area contributed by atoms with Gasteiger partial charge in [0.25, 0.3) is 5.91 Å². The van der Waals surface area contributed by atoms with Crippen LogP contribution >= 0.6 is 0 Å². The molecule has 2 aromatic carbocycles. The fourth-order valence-corrected chi connectivity index (χ4v) is 3.94. The maximum Gasteiger partial charge on any atom is 0.255 e. The van der Waals surface area contributed by atoms with Crippen molar-refractivity contribution in [3.05, 3.63) is 77.9 Å². The van der Waals surface area contributed by atoms with Crippen LogP contribution in [0, 0.1) is 5.82 Å². The number of carbonyl (C=O) groups is 1. The highest BCUT2D eigenvalue weighted by molar-refractivity contribution is 5.97. The molecule has 0 aliphatic carbocycles. The van der Waals surface area contributed by atoms with Crippen molar-refractivity contribution in [2.75, 3.05) is 26.3 Å². The number of morpholine rings is 1. The monoisotopic (exact) mass is 431 g/mol. The highest BCUT2D eigenvalue weighted by Gasteiger charge is 2.19. The van der Waals surface area contributed by atoms with E-state index in [1.807, 2.05) is 24.3 Å². The van der Waals surface area contributed by atoms with E-state index >= 15 is 0 Å². The Labute approximate surface area is 184 Å². The summed E-state index contributed by atoms with van der Waals surface area (Å²) in [6.45, 7) is 2.56. The van der Waals surface area contributed by atoms with Crippen LogP contribution in [0.5, 0.6) is 0 Å². The van der Waals surface area contributed by atoms with Crippen LogP contribution in [0.1, 0.15) is 16.1 Å². The van der Waals surface area contributed by atoms with Crippen LogP contribution in [0.4, 0.5) is 4.39 Å². The van der Waals surface area contributed by atoms with Crippen LogP contribution in [0.2, 0.25) is 0 Å². The van der Waals surface area contributed by atoms with Crippen molar-refractivity contribution < 1.29 is 18.3 Å². The highest BCUT2D eigenvalue weighted by atomic mass is 19.1. The number of aromatic nitrogens is 1. The lowest BCUT2D eigenvalue weighted by Crippen LogP contribution is -2.40. The second-order valence-corrected chi connectivity index (χ2v) is 7.70. The first kappa shape index (κ1) is 20.4. The minimum absolute atomic E-state index is 0.0442. The Bertz CT molecular complexity index is 1260. The average Bonchev–Trinajstić information content (AvgIpc) is 3.28. The number of halogens is 1. The SMILES string of the molecule is NCc1cc2cc(-c3ccc(C(=O)N4CCOCC4)cn3)cc(-c3ccc(F)cc3)c2o1. The summed E-state index contributed by atoms with van der Waals surface area (Å²) in [7, 11) is 0. The Morgan fingerprint density at radius 2 is 1.81 bits per heavy atom. The van der Waals surface area contributed by atoms with E-state index in [1.165, 1.54) is 12.1 Å². The quantitative estimate of drug-likeness (QED) is 0.523. The fraction of sp³-hybridized carbons (Fsp3) is 0.200. The number of benzene rings is 2. The number of hydrogen-bond donors (Lipinski definition) is 1. The van der Waals surface area contributed by atoms with Crippen LogP contribution in [0.15, 0.2) is 65.2 Å². The first-order valence-electron chi connectivity index (χ1n) is 10.5. The van der Waals surface area contributed by atoms with Gasteiger partial charge in [-0.2, -0.15) is 0 Å². The van der Waals surface area contributed by atoms with Crippen molar-refractivity contribution in [3.8, 4) is 22.4 Å². The lowest BCUT2D eigenvalue weighted by Gasteiger charge is -2.26. The van der Waals surface area contributed by atoms with Gasteiger partial charge in [-0.1, -0.05) is 12.1 Å². The molecule has 0 spiro atoms. The number of rotatable bonds is 4. The Morgan fingerprint density at radius 1 is 1.03 bits per heavy atom. The van der Waals surface area contributed by atoms with Crippen LogP contribution in [0.25, 0.3) is 33.4 Å². The molecule has 0 radical (unpaired) electrons. The molecule has 5 rings (SSSR count). The molecule has 0 saturated carbocycles. The molecule has 0 bridgehead atoms. The minimum Gasteiger partial charge on any atom is -0.459 e. The molecule has 1 saturated heterocycles. The Balaban J connectivity index is 1.53. The predicted octanol–water partition coefficient (Wildman–Crippen LogP) is 4.23. The number of nitrogens with two attached hydrogens (primary N) is 1. The average molecular weight is 431 g/mol. The zero-order valence-corrected chi connectivity index (χ0v) is 17.4. The molecular weight excluding hydrogens is 409 g/mol. The fourth-order valence-electron chi connectivity index (χ4n) is 3.94. The third-order valence-corrected chi connectivity index (χ3v) is 5.63. The van der Waals surface area contributed by atoms with E-state index in [-0.39, 0.29) is 18.3 Å². The number of nitrogens with zero attached hydrogens (tertiary/aromatic N) is 2. The third kappa shape index (κ3) is 3.88. The number of amides is 1. The van der Waals surface area contributed by atoms with Gasteiger partial charge < -0.3 is 19.8 Å². The number of fused-ring (bicyclic) bond motifs is 1. The maximum atomic E-state index is 13.5. The van der Waals surface area contributed by atoms with Crippen LogP contribution in [-0.2, 0) is 11.3 Å².